The van der Waals surface area contributed by atoms with E-state index in [9.17, 15) is 4.79 Å². The van der Waals surface area contributed by atoms with Gasteiger partial charge >= 0.3 is 5.97 Å². The van der Waals surface area contributed by atoms with E-state index < -0.39 is 5.97 Å². The van der Waals surface area contributed by atoms with Gasteiger partial charge in [-0.15, -0.1) is 0 Å². The Bertz CT molecular complexity index is 447. The zero-order valence-electron chi connectivity index (χ0n) is 12.3. The number of hydrogen-bond donors (Lipinski definition) is 1. The van der Waals surface area contributed by atoms with Crippen molar-refractivity contribution in [3.05, 3.63) is 22.8 Å². The molecule has 0 atom stereocenters. The summed E-state index contributed by atoms with van der Waals surface area (Å²) in [6, 6.07) is 1.39. The maximum absolute atomic E-state index is 11.1. The number of ether oxygens (including phenoxy) is 2. The van der Waals surface area contributed by atoms with Gasteiger partial charge in [0.25, 0.3) is 0 Å². The van der Waals surface area contributed by atoms with Crippen LogP contribution >= 0.6 is 11.6 Å². The van der Waals surface area contributed by atoms with Crippen LogP contribution in [0.4, 0.5) is 5.82 Å². The smallest absolute Gasteiger partial charge is 0.337 e. The summed E-state index contributed by atoms with van der Waals surface area (Å²) in [6.45, 7) is 7.23. The van der Waals surface area contributed by atoms with E-state index in [0.29, 0.717) is 45.3 Å². The molecule has 0 aliphatic heterocycles. The first kappa shape index (κ1) is 17.7. The molecule has 1 aromatic heterocycles. The van der Waals surface area contributed by atoms with Crippen molar-refractivity contribution in [2.45, 2.75) is 13.8 Å². The summed E-state index contributed by atoms with van der Waals surface area (Å²) in [6.07, 6.45) is 1.44. The minimum absolute atomic E-state index is 0.0412. The van der Waals surface area contributed by atoms with E-state index >= 15 is 0 Å². The number of nitrogens with zero attached hydrogens (tertiary/aromatic N) is 2. The summed E-state index contributed by atoms with van der Waals surface area (Å²) in [4.78, 5) is 17.2. The average molecular weight is 317 g/mol. The molecule has 0 bridgehead atoms. The van der Waals surface area contributed by atoms with Crippen molar-refractivity contribution >= 4 is 23.4 Å². The molecular formula is C14H21ClN2O4. The third kappa shape index (κ3) is 5.49. The molecule has 0 radical (unpaired) electrons. The van der Waals surface area contributed by atoms with Crippen LogP contribution in [0, 0.1) is 0 Å². The molecule has 7 heteroatoms. The number of aromatic nitrogens is 1. The van der Waals surface area contributed by atoms with Crippen LogP contribution in [-0.4, -0.2) is 55.6 Å². The Morgan fingerprint density at radius 2 is 1.86 bits per heavy atom. The third-order valence-corrected chi connectivity index (χ3v) is 3.19. The number of pyridine rings is 1. The van der Waals surface area contributed by atoms with Crippen LogP contribution in [0.1, 0.15) is 24.2 Å². The van der Waals surface area contributed by atoms with Gasteiger partial charge in [-0.1, -0.05) is 11.6 Å². The van der Waals surface area contributed by atoms with Gasteiger partial charge < -0.3 is 19.5 Å². The van der Waals surface area contributed by atoms with Crippen molar-refractivity contribution in [1.82, 2.24) is 4.98 Å². The molecule has 0 amide bonds. The number of carboxylic acid groups (broad SMARTS) is 1. The molecule has 0 saturated carbocycles. The number of halogens is 1. The molecule has 1 rings (SSSR count). The lowest BCUT2D eigenvalue weighted by Crippen LogP contribution is -2.32. The second kappa shape index (κ2) is 9.55. The number of rotatable bonds is 10. The van der Waals surface area contributed by atoms with Crippen LogP contribution in [0.15, 0.2) is 12.3 Å². The molecule has 0 saturated heterocycles. The Morgan fingerprint density at radius 3 is 2.33 bits per heavy atom. The van der Waals surface area contributed by atoms with Gasteiger partial charge in [0.05, 0.1) is 23.8 Å². The second-order valence-corrected chi connectivity index (χ2v) is 4.56. The lowest BCUT2D eigenvalue weighted by Gasteiger charge is -2.24. The van der Waals surface area contributed by atoms with Gasteiger partial charge in [0, 0.05) is 32.5 Å². The van der Waals surface area contributed by atoms with Crippen LogP contribution in [0.2, 0.25) is 5.02 Å². The molecule has 6 nitrogen and oxygen atoms in total. The Hall–Kier alpha value is -1.37. The van der Waals surface area contributed by atoms with Crippen molar-refractivity contribution in [2.75, 3.05) is 44.4 Å². The van der Waals surface area contributed by atoms with Crippen molar-refractivity contribution in [3.63, 3.8) is 0 Å². The molecule has 0 aliphatic carbocycles. The minimum atomic E-state index is -1.07. The summed E-state index contributed by atoms with van der Waals surface area (Å²) < 4.78 is 10.7. The summed E-state index contributed by atoms with van der Waals surface area (Å²) in [5.41, 5.74) is 0.0412. The van der Waals surface area contributed by atoms with E-state index in [4.69, 9.17) is 26.2 Å². The quantitative estimate of drug-likeness (QED) is 0.668. The zero-order valence-corrected chi connectivity index (χ0v) is 13.1. The monoisotopic (exact) mass is 316 g/mol. The SMILES string of the molecule is CCOCCN(CCOCC)c1nccc(C(=O)O)c1Cl. The van der Waals surface area contributed by atoms with E-state index in [-0.39, 0.29) is 10.6 Å². The van der Waals surface area contributed by atoms with E-state index in [1.165, 1.54) is 12.3 Å². The molecule has 0 aromatic carbocycles. The highest BCUT2D eigenvalue weighted by Crippen LogP contribution is 2.26. The third-order valence-electron chi connectivity index (χ3n) is 2.82. The van der Waals surface area contributed by atoms with Crippen molar-refractivity contribution in [1.29, 1.82) is 0 Å². The summed E-state index contributed by atoms with van der Waals surface area (Å²) in [7, 11) is 0. The fraction of sp³-hybridized carbons (Fsp3) is 0.571. The number of anilines is 1. The van der Waals surface area contributed by atoms with Crippen LogP contribution in [0.25, 0.3) is 0 Å². The molecule has 118 valence electrons. The molecule has 0 fully saturated rings. The Balaban J connectivity index is 2.89. The first-order valence-corrected chi connectivity index (χ1v) is 7.27. The number of carboxylic acids is 1. The highest BCUT2D eigenvalue weighted by atomic mass is 35.5. The molecule has 1 heterocycles. The molecule has 0 aliphatic rings. The lowest BCUT2D eigenvalue weighted by atomic mass is 10.2. The van der Waals surface area contributed by atoms with Gasteiger partial charge in [0.15, 0.2) is 0 Å². The van der Waals surface area contributed by atoms with Gasteiger partial charge in [-0.3, -0.25) is 0 Å². The Morgan fingerprint density at radius 1 is 1.29 bits per heavy atom. The highest BCUT2D eigenvalue weighted by Gasteiger charge is 2.18. The van der Waals surface area contributed by atoms with Gasteiger partial charge in [-0.2, -0.15) is 0 Å². The largest absolute Gasteiger partial charge is 0.478 e. The van der Waals surface area contributed by atoms with Crippen LogP contribution in [0.3, 0.4) is 0 Å². The molecule has 0 spiro atoms. The maximum Gasteiger partial charge on any atom is 0.337 e. The minimum Gasteiger partial charge on any atom is -0.478 e. The predicted octanol–water partition coefficient (Wildman–Crippen LogP) is 2.31. The van der Waals surface area contributed by atoms with Crippen molar-refractivity contribution in [3.8, 4) is 0 Å². The first-order chi connectivity index (χ1) is 10.1. The van der Waals surface area contributed by atoms with Gasteiger partial charge in [-0.25, -0.2) is 9.78 Å². The van der Waals surface area contributed by atoms with E-state index in [0.717, 1.165) is 0 Å². The molecule has 21 heavy (non-hydrogen) atoms. The van der Waals surface area contributed by atoms with E-state index in [2.05, 4.69) is 4.98 Å². The van der Waals surface area contributed by atoms with Crippen molar-refractivity contribution < 1.29 is 19.4 Å². The molecule has 1 N–H and O–H groups in total. The zero-order chi connectivity index (χ0) is 15.7. The standard InChI is InChI=1S/C14H21ClN2O4/c1-3-20-9-7-17(8-10-21-4-2)13-12(15)11(14(18)19)5-6-16-13/h5-6H,3-4,7-10H2,1-2H3,(H,18,19). The highest BCUT2D eigenvalue weighted by molar-refractivity contribution is 6.35. The normalized spacial score (nSPS) is 10.6. The molecule has 1 aromatic rings. The lowest BCUT2D eigenvalue weighted by molar-refractivity contribution is 0.0697. The van der Waals surface area contributed by atoms with Crippen LogP contribution in [0.5, 0.6) is 0 Å². The summed E-state index contributed by atoms with van der Waals surface area (Å²) in [5, 5.41) is 9.26. The number of hydrogen-bond acceptors (Lipinski definition) is 5. The van der Waals surface area contributed by atoms with Gasteiger partial charge in [0.1, 0.15) is 5.82 Å². The molecular weight excluding hydrogens is 296 g/mol. The Kier molecular flexibility index (Phi) is 8.04. The van der Waals surface area contributed by atoms with Gasteiger partial charge in [-0.05, 0) is 19.9 Å². The maximum atomic E-state index is 11.1. The van der Waals surface area contributed by atoms with Crippen LogP contribution < -0.4 is 4.90 Å². The van der Waals surface area contributed by atoms with Crippen molar-refractivity contribution in [2.24, 2.45) is 0 Å². The predicted molar refractivity (Wildman–Crippen MR) is 81.4 cm³/mol. The first-order valence-electron chi connectivity index (χ1n) is 6.90. The number of aromatic carboxylic acids is 1. The fourth-order valence-corrected chi connectivity index (χ4v) is 2.09. The fourth-order valence-electron chi connectivity index (χ4n) is 1.78. The average Bonchev–Trinajstić information content (AvgIpc) is 2.46. The van der Waals surface area contributed by atoms with Crippen LogP contribution in [-0.2, 0) is 9.47 Å². The van der Waals surface area contributed by atoms with E-state index in [1.807, 2.05) is 18.7 Å². The topological polar surface area (TPSA) is 71.9 Å². The summed E-state index contributed by atoms with van der Waals surface area (Å²) in [5.74, 6) is -0.630. The Labute approximate surface area is 129 Å². The number of carbonyl (C=O) groups is 1. The summed E-state index contributed by atoms with van der Waals surface area (Å²) >= 11 is 6.16. The second-order valence-electron chi connectivity index (χ2n) is 4.18. The van der Waals surface area contributed by atoms with E-state index in [1.54, 1.807) is 0 Å². The molecule has 0 unspecified atom stereocenters. The van der Waals surface area contributed by atoms with Gasteiger partial charge in [0.2, 0.25) is 0 Å².